The molecule has 1 atom stereocenters. The molecule has 0 saturated carbocycles. The molecule has 19 heavy (non-hydrogen) atoms. The first kappa shape index (κ1) is 16.0. The summed E-state index contributed by atoms with van der Waals surface area (Å²) in [5, 5.41) is 0. The molecule has 0 bridgehead atoms. The van der Waals surface area contributed by atoms with Crippen molar-refractivity contribution in [2.75, 3.05) is 39.8 Å². The van der Waals surface area contributed by atoms with Crippen LogP contribution in [0.4, 0.5) is 0 Å². The number of carbonyl (C=O) groups excluding carboxylic acids is 1. The van der Waals surface area contributed by atoms with Crippen LogP contribution >= 0.6 is 12.4 Å². The number of nitrogens with two attached hydrogens (primary N) is 1. The molecule has 5 heteroatoms. The molecule has 4 nitrogen and oxygen atoms in total. The Morgan fingerprint density at radius 3 is 2.32 bits per heavy atom. The van der Waals surface area contributed by atoms with Gasteiger partial charge in [-0.05, 0) is 12.6 Å². The molecule has 1 aromatic carbocycles. The summed E-state index contributed by atoms with van der Waals surface area (Å²) in [6.07, 6.45) is 0. The van der Waals surface area contributed by atoms with E-state index in [0.717, 1.165) is 31.7 Å². The minimum Gasteiger partial charge on any atom is -0.340 e. The fourth-order valence-electron chi connectivity index (χ4n) is 2.31. The van der Waals surface area contributed by atoms with Crippen LogP contribution < -0.4 is 5.73 Å². The van der Waals surface area contributed by atoms with Gasteiger partial charge >= 0.3 is 0 Å². The molecule has 0 aromatic heterocycles. The van der Waals surface area contributed by atoms with Crippen molar-refractivity contribution in [1.29, 1.82) is 0 Å². The number of halogens is 1. The summed E-state index contributed by atoms with van der Waals surface area (Å²) in [5.41, 5.74) is 6.80. The maximum absolute atomic E-state index is 12.5. The molecule has 0 spiro atoms. The highest BCUT2D eigenvalue weighted by Crippen LogP contribution is 2.18. The molecule has 2 rings (SSSR count). The van der Waals surface area contributed by atoms with Crippen molar-refractivity contribution in [1.82, 2.24) is 9.80 Å². The summed E-state index contributed by atoms with van der Waals surface area (Å²) in [4.78, 5) is 16.6. The third kappa shape index (κ3) is 3.93. The molecule has 106 valence electrons. The minimum absolute atomic E-state index is 0. The summed E-state index contributed by atoms with van der Waals surface area (Å²) in [6, 6.07) is 9.82. The molecule has 1 fully saturated rings. The molecule has 1 aliphatic rings. The number of nitrogens with zero attached hydrogens (tertiary/aromatic N) is 2. The molecule has 1 saturated heterocycles. The lowest BCUT2D eigenvalue weighted by molar-refractivity contribution is -0.134. The Hall–Kier alpha value is -1.10. The smallest absolute Gasteiger partial charge is 0.231 e. The van der Waals surface area contributed by atoms with E-state index in [2.05, 4.69) is 11.9 Å². The van der Waals surface area contributed by atoms with Crippen LogP contribution in [0.15, 0.2) is 30.3 Å². The van der Waals surface area contributed by atoms with Gasteiger partial charge in [0.1, 0.15) is 0 Å². The van der Waals surface area contributed by atoms with Crippen LogP contribution in [0, 0.1) is 0 Å². The van der Waals surface area contributed by atoms with Gasteiger partial charge in [-0.25, -0.2) is 0 Å². The second-order valence-electron chi connectivity index (χ2n) is 4.83. The van der Waals surface area contributed by atoms with Crippen LogP contribution in [0.5, 0.6) is 0 Å². The number of hydrogen-bond donors (Lipinski definition) is 1. The van der Waals surface area contributed by atoms with Crippen LogP contribution in [0.1, 0.15) is 11.5 Å². The van der Waals surface area contributed by atoms with E-state index in [1.165, 1.54) is 0 Å². The topological polar surface area (TPSA) is 49.6 Å². The molecule has 0 aliphatic carbocycles. The Morgan fingerprint density at radius 1 is 1.21 bits per heavy atom. The standard InChI is InChI=1S/C14H21N3O.ClH/c1-16-7-9-17(10-8-16)14(18)13(11-15)12-5-3-2-4-6-12;/h2-6,13H,7-11,15H2,1H3;1H. The summed E-state index contributed by atoms with van der Waals surface area (Å²) < 4.78 is 0. The second-order valence-corrected chi connectivity index (χ2v) is 4.83. The lowest BCUT2D eigenvalue weighted by atomic mass is 9.97. The molecular formula is C14H22ClN3O. The maximum atomic E-state index is 12.5. The van der Waals surface area contributed by atoms with E-state index in [1.54, 1.807) is 0 Å². The van der Waals surface area contributed by atoms with Gasteiger partial charge in [0.2, 0.25) is 5.91 Å². The van der Waals surface area contributed by atoms with E-state index >= 15 is 0 Å². The van der Waals surface area contributed by atoms with Crippen LogP contribution in [-0.4, -0.2) is 55.5 Å². The molecular weight excluding hydrogens is 262 g/mol. The van der Waals surface area contributed by atoms with Crippen molar-refractivity contribution in [2.45, 2.75) is 5.92 Å². The van der Waals surface area contributed by atoms with Crippen molar-refractivity contribution in [3.05, 3.63) is 35.9 Å². The van der Waals surface area contributed by atoms with Gasteiger partial charge in [0, 0.05) is 32.7 Å². The van der Waals surface area contributed by atoms with E-state index in [1.807, 2.05) is 35.2 Å². The minimum atomic E-state index is -0.199. The predicted molar refractivity (Wildman–Crippen MR) is 79.6 cm³/mol. The Labute approximate surface area is 121 Å². The van der Waals surface area contributed by atoms with Crippen molar-refractivity contribution in [3.8, 4) is 0 Å². The van der Waals surface area contributed by atoms with E-state index in [-0.39, 0.29) is 24.2 Å². The quantitative estimate of drug-likeness (QED) is 0.898. The average Bonchev–Trinajstić information content (AvgIpc) is 2.41. The number of piperazine rings is 1. The Bertz CT molecular complexity index is 391. The Kier molecular flexibility index (Phi) is 6.28. The third-order valence-corrected chi connectivity index (χ3v) is 3.55. The molecule has 1 aromatic rings. The van der Waals surface area contributed by atoms with Gasteiger partial charge in [-0.2, -0.15) is 0 Å². The normalized spacial score (nSPS) is 17.7. The predicted octanol–water partition coefficient (Wildman–Crippen LogP) is 0.925. The van der Waals surface area contributed by atoms with Crippen molar-refractivity contribution in [2.24, 2.45) is 5.73 Å². The van der Waals surface area contributed by atoms with Crippen molar-refractivity contribution < 1.29 is 4.79 Å². The van der Waals surface area contributed by atoms with Gasteiger partial charge in [0.05, 0.1) is 5.92 Å². The summed E-state index contributed by atoms with van der Waals surface area (Å²) in [7, 11) is 2.08. The first-order valence-electron chi connectivity index (χ1n) is 6.44. The highest BCUT2D eigenvalue weighted by molar-refractivity contribution is 5.85. The van der Waals surface area contributed by atoms with Crippen LogP contribution in [0.25, 0.3) is 0 Å². The summed E-state index contributed by atoms with van der Waals surface area (Å²) in [5.74, 6) is -0.0357. The SMILES string of the molecule is CN1CCN(C(=O)C(CN)c2ccccc2)CC1.Cl. The summed E-state index contributed by atoms with van der Waals surface area (Å²) in [6.45, 7) is 3.86. The molecule has 1 unspecified atom stereocenters. The molecule has 1 heterocycles. The second kappa shape index (κ2) is 7.48. The first-order chi connectivity index (χ1) is 8.72. The fourth-order valence-corrected chi connectivity index (χ4v) is 2.31. The zero-order chi connectivity index (χ0) is 13.0. The number of benzene rings is 1. The van der Waals surface area contributed by atoms with Crippen LogP contribution in [0.2, 0.25) is 0 Å². The lowest BCUT2D eigenvalue weighted by Crippen LogP contribution is -2.49. The van der Waals surface area contributed by atoms with Gasteiger partial charge in [-0.3, -0.25) is 4.79 Å². The highest BCUT2D eigenvalue weighted by Gasteiger charge is 2.26. The van der Waals surface area contributed by atoms with Crippen LogP contribution in [0.3, 0.4) is 0 Å². The third-order valence-electron chi connectivity index (χ3n) is 3.55. The monoisotopic (exact) mass is 283 g/mol. The maximum Gasteiger partial charge on any atom is 0.231 e. The number of carbonyl (C=O) groups is 1. The largest absolute Gasteiger partial charge is 0.340 e. The van der Waals surface area contributed by atoms with Gasteiger partial charge in [-0.1, -0.05) is 30.3 Å². The first-order valence-corrected chi connectivity index (χ1v) is 6.44. The van der Waals surface area contributed by atoms with Crippen molar-refractivity contribution in [3.63, 3.8) is 0 Å². The van der Waals surface area contributed by atoms with Gasteiger partial charge in [-0.15, -0.1) is 12.4 Å². The lowest BCUT2D eigenvalue weighted by Gasteiger charge is -2.34. The van der Waals surface area contributed by atoms with Gasteiger partial charge in [0.15, 0.2) is 0 Å². The average molecular weight is 284 g/mol. The number of hydrogen-bond acceptors (Lipinski definition) is 3. The zero-order valence-electron chi connectivity index (χ0n) is 11.3. The molecule has 0 radical (unpaired) electrons. The molecule has 1 aliphatic heterocycles. The van der Waals surface area contributed by atoms with E-state index < -0.39 is 0 Å². The Balaban J connectivity index is 0.00000180. The van der Waals surface area contributed by atoms with E-state index in [9.17, 15) is 4.79 Å². The van der Waals surface area contributed by atoms with E-state index in [4.69, 9.17) is 5.73 Å². The molecule has 1 amide bonds. The number of likely N-dealkylation sites (N-methyl/N-ethyl adjacent to an activating group) is 1. The van der Waals surface area contributed by atoms with Gasteiger partial charge < -0.3 is 15.5 Å². The number of rotatable bonds is 3. The highest BCUT2D eigenvalue weighted by atomic mass is 35.5. The van der Waals surface area contributed by atoms with Crippen molar-refractivity contribution >= 4 is 18.3 Å². The van der Waals surface area contributed by atoms with Crippen LogP contribution in [-0.2, 0) is 4.79 Å². The zero-order valence-corrected chi connectivity index (χ0v) is 12.1. The molecule has 2 N–H and O–H groups in total. The fraction of sp³-hybridized carbons (Fsp3) is 0.500. The number of amides is 1. The van der Waals surface area contributed by atoms with E-state index in [0.29, 0.717) is 6.54 Å². The Morgan fingerprint density at radius 2 is 1.79 bits per heavy atom. The summed E-state index contributed by atoms with van der Waals surface area (Å²) >= 11 is 0. The van der Waals surface area contributed by atoms with Gasteiger partial charge in [0.25, 0.3) is 0 Å².